The predicted molar refractivity (Wildman–Crippen MR) is 252 cm³/mol. The maximum Gasteiger partial charge on any atom is 0.306 e. The average Bonchev–Trinajstić information content (AvgIpc) is 3.20. The molecule has 0 saturated carbocycles. The second kappa shape index (κ2) is 44.5. The van der Waals surface area contributed by atoms with Crippen LogP contribution in [0.25, 0.3) is 0 Å². The molecule has 0 heterocycles. The first-order valence-electron chi connectivity index (χ1n) is 26.1. The molecule has 2 atom stereocenters. The summed E-state index contributed by atoms with van der Waals surface area (Å²) in [6.07, 6.45) is 43.8. The molecule has 0 radical (unpaired) electrons. The smallest absolute Gasteiger partial charge is 0.306 e. The van der Waals surface area contributed by atoms with Gasteiger partial charge in [0.2, 0.25) is 0 Å². The number of hydrogen-bond acceptors (Lipinski definition) is 6. The first-order chi connectivity index (χ1) is 28.6. The van der Waals surface area contributed by atoms with Gasteiger partial charge in [0.1, 0.15) is 13.2 Å². The zero-order chi connectivity index (χ0) is 43.4. The fourth-order valence-corrected chi connectivity index (χ4v) is 7.91. The first kappa shape index (κ1) is 57.4. The van der Waals surface area contributed by atoms with Crippen LogP contribution in [0.3, 0.4) is 0 Å². The molecule has 0 aromatic heterocycles. The van der Waals surface area contributed by atoms with Crippen LogP contribution in [0, 0.1) is 17.8 Å². The Balaban J connectivity index is 4.29. The molecule has 0 bridgehead atoms. The lowest BCUT2D eigenvalue weighted by Gasteiger charge is -2.18. The quantitative estimate of drug-likeness (QED) is 0.0345. The van der Waals surface area contributed by atoms with E-state index in [0.29, 0.717) is 19.3 Å². The number of ether oxygens (including phenoxy) is 3. The Morgan fingerprint density at radius 2 is 0.593 bits per heavy atom. The van der Waals surface area contributed by atoms with Crippen molar-refractivity contribution in [2.24, 2.45) is 17.8 Å². The minimum atomic E-state index is -0.763. The van der Waals surface area contributed by atoms with Gasteiger partial charge in [0.05, 0.1) is 0 Å². The van der Waals surface area contributed by atoms with Crippen LogP contribution < -0.4 is 0 Å². The maximum absolute atomic E-state index is 12.8. The molecule has 0 aromatic rings. The summed E-state index contributed by atoms with van der Waals surface area (Å²) in [5, 5.41) is 0. The highest BCUT2D eigenvalue weighted by Gasteiger charge is 2.19. The van der Waals surface area contributed by atoms with Gasteiger partial charge < -0.3 is 14.2 Å². The summed E-state index contributed by atoms with van der Waals surface area (Å²) in [5.41, 5.74) is 0. The summed E-state index contributed by atoms with van der Waals surface area (Å²) in [6.45, 7) is 13.7. The zero-order valence-corrected chi connectivity index (χ0v) is 40.5. The van der Waals surface area contributed by atoms with Crippen LogP contribution in [-0.4, -0.2) is 37.2 Å². The average molecular weight is 835 g/mol. The second-order valence-corrected chi connectivity index (χ2v) is 19.4. The van der Waals surface area contributed by atoms with E-state index in [1.807, 2.05) is 0 Å². The van der Waals surface area contributed by atoms with Gasteiger partial charge in [0.15, 0.2) is 6.10 Å². The van der Waals surface area contributed by atoms with E-state index in [4.69, 9.17) is 14.2 Å². The van der Waals surface area contributed by atoms with Gasteiger partial charge in [-0.05, 0) is 37.0 Å². The van der Waals surface area contributed by atoms with E-state index >= 15 is 0 Å². The molecule has 0 N–H and O–H groups in total. The molecule has 0 aromatic carbocycles. The van der Waals surface area contributed by atoms with Crippen LogP contribution in [0.15, 0.2) is 0 Å². The fourth-order valence-electron chi connectivity index (χ4n) is 7.91. The van der Waals surface area contributed by atoms with E-state index in [0.717, 1.165) is 75.5 Å². The van der Waals surface area contributed by atoms with Gasteiger partial charge in [-0.1, -0.05) is 247 Å². The summed E-state index contributed by atoms with van der Waals surface area (Å²) >= 11 is 0. The fraction of sp³-hybridized carbons (Fsp3) is 0.943. The first-order valence-corrected chi connectivity index (χ1v) is 26.1. The molecule has 0 fully saturated rings. The summed E-state index contributed by atoms with van der Waals surface area (Å²) in [4.78, 5) is 37.9. The Bertz CT molecular complexity index is 916. The summed E-state index contributed by atoms with van der Waals surface area (Å²) in [5.74, 6) is 1.63. The Hall–Kier alpha value is -1.59. The largest absolute Gasteiger partial charge is 0.462 e. The Morgan fingerprint density at radius 1 is 0.339 bits per heavy atom. The van der Waals surface area contributed by atoms with Crippen LogP contribution in [0.4, 0.5) is 0 Å². The summed E-state index contributed by atoms with van der Waals surface area (Å²) < 4.78 is 16.8. The number of unbranched alkanes of at least 4 members (excludes halogenated alkanes) is 28. The molecule has 6 heteroatoms. The Kier molecular flexibility index (Phi) is 43.3. The van der Waals surface area contributed by atoms with Crippen molar-refractivity contribution in [3.63, 3.8) is 0 Å². The predicted octanol–water partition coefficient (Wildman–Crippen LogP) is 16.8. The van der Waals surface area contributed by atoms with Crippen LogP contribution in [0.5, 0.6) is 0 Å². The summed E-state index contributed by atoms with van der Waals surface area (Å²) in [6, 6.07) is 0. The van der Waals surface area contributed by atoms with Gasteiger partial charge in [-0.15, -0.1) is 0 Å². The highest BCUT2D eigenvalue weighted by molar-refractivity contribution is 5.71. The zero-order valence-electron chi connectivity index (χ0n) is 40.5. The lowest BCUT2D eigenvalue weighted by Crippen LogP contribution is -2.30. The molecule has 0 aliphatic carbocycles. The van der Waals surface area contributed by atoms with Gasteiger partial charge in [0.25, 0.3) is 0 Å². The molecule has 1 unspecified atom stereocenters. The van der Waals surface area contributed by atoms with Crippen molar-refractivity contribution in [1.29, 1.82) is 0 Å². The molecule has 0 amide bonds. The minimum Gasteiger partial charge on any atom is -0.462 e. The molecular weight excluding hydrogens is 733 g/mol. The van der Waals surface area contributed by atoms with E-state index in [1.165, 1.54) is 167 Å². The van der Waals surface area contributed by atoms with E-state index in [2.05, 4.69) is 41.5 Å². The third kappa shape index (κ3) is 45.8. The summed E-state index contributed by atoms with van der Waals surface area (Å²) in [7, 11) is 0. The van der Waals surface area contributed by atoms with Crippen molar-refractivity contribution >= 4 is 17.9 Å². The molecule has 6 nitrogen and oxygen atoms in total. The van der Waals surface area contributed by atoms with Crippen LogP contribution in [-0.2, 0) is 28.6 Å². The molecule has 0 aliphatic heterocycles. The van der Waals surface area contributed by atoms with Crippen molar-refractivity contribution in [2.45, 2.75) is 292 Å². The molecule has 0 spiro atoms. The SMILES string of the molecule is CCC(C)CCCCCCCCC(=O)OC[C@@H](COC(=O)CCCCCCCCCCCCCCCCC(C)C)OC(=O)CCCCCCCCCCCCCC(C)C. The Labute approximate surface area is 368 Å². The van der Waals surface area contributed by atoms with Gasteiger partial charge in [0, 0.05) is 19.3 Å². The molecule has 0 saturated heterocycles. The third-order valence-electron chi connectivity index (χ3n) is 12.3. The van der Waals surface area contributed by atoms with Gasteiger partial charge >= 0.3 is 17.9 Å². The normalized spacial score (nSPS) is 12.6. The van der Waals surface area contributed by atoms with Crippen molar-refractivity contribution < 1.29 is 28.6 Å². The van der Waals surface area contributed by atoms with Crippen molar-refractivity contribution in [3.05, 3.63) is 0 Å². The maximum atomic E-state index is 12.8. The number of carbonyl (C=O) groups is 3. The highest BCUT2D eigenvalue weighted by atomic mass is 16.6. The highest BCUT2D eigenvalue weighted by Crippen LogP contribution is 2.18. The minimum absolute atomic E-state index is 0.0651. The van der Waals surface area contributed by atoms with E-state index in [9.17, 15) is 14.4 Å². The second-order valence-electron chi connectivity index (χ2n) is 19.4. The van der Waals surface area contributed by atoms with Crippen molar-refractivity contribution in [2.75, 3.05) is 13.2 Å². The standard InChI is InChI=1S/C53H102O6/c1-7-49(6)41-35-29-25-26-31-37-43-52(55)58-46-50(59-53(56)44-38-32-24-20-16-12-14-18-22-28-34-40-48(4)5)45-57-51(54)42-36-30-23-19-15-11-9-8-10-13-17-21-27-33-39-47(2)3/h47-50H,7-46H2,1-6H3/t49?,50-/m1/s1. The van der Waals surface area contributed by atoms with Crippen LogP contribution >= 0.6 is 0 Å². The van der Waals surface area contributed by atoms with Gasteiger partial charge in [-0.3, -0.25) is 14.4 Å². The van der Waals surface area contributed by atoms with Crippen LogP contribution in [0.2, 0.25) is 0 Å². The van der Waals surface area contributed by atoms with Crippen molar-refractivity contribution in [1.82, 2.24) is 0 Å². The topological polar surface area (TPSA) is 78.9 Å². The van der Waals surface area contributed by atoms with Crippen LogP contribution in [0.1, 0.15) is 286 Å². The Morgan fingerprint density at radius 3 is 0.881 bits per heavy atom. The van der Waals surface area contributed by atoms with E-state index in [1.54, 1.807) is 0 Å². The molecule has 350 valence electrons. The van der Waals surface area contributed by atoms with E-state index in [-0.39, 0.29) is 31.1 Å². The number of esters is 3. The molecular formula is C53H102O6. The number of rotatable bonds is 46. The monoisotopic (exact) mass is 835 g/mol. The third-order valence-corrected chi connectivity index (χ3v) is 12.3. The lowest BCUT2D eigenvalue weighted by atomic mass is 10.00. The van der Waals surface area contributed by atoms with Gasteiger partial charge in [-0.2, -0.15) is 0 Å². The number of carbonyl (C=O) groups excluding carboxylic acids is 3. The molecule has 0 aliphatic rings. The molecule has 0 rings (SSSR count). The van der Waals surface area contributed by atoms with Crippen molar-refractivity contribution in [3.8, 4) is 0 Å². The number of hydrogen-bond donors (Lipinski definition) is 0. The molecule has 59 heavy (non-hydrogen) atoms. The van der Waals surface area contributed by atoms with Gasteiger partial charge in [-0.25, -0.2) is 0 Å². The van der Waals surface area contributed by atoms with E-state index < -0.39 is 6.10 Å². The lowest BCUT2D eigenvalue weighted by molar-refractivity contribution is -0.167.